The van der Waals surface area contributed by atoms with Gasteiger partial charge in [0.05, 0.1) is 0 Å². The molecule has 1 N–H and O–H groups in total. The summed E-state index contributed by atoms with van der Waals surface area (Å²) in [6.45, 7) is 10.1. The molecule has 1 fully saturated rings. The Hall–Kier alpha value is -0.640. The lowest BCUT2D eigenvalue weighted by atomic mass is 9.63. The monoisotopic (exact) mass is 325 g/mol. The molecular formula is C18H31NO2S. The number of rotatable bonds is 4. The zero-order chi connectivity index (χ0) is 16.8. The first-order valence-electron chi connectivity index (χ1n) is 8.48. The third-order valence-electron chi connectivity index (χ3n) is 5.87. The van der Waals surface area contributed by atoms with E-state index in [4.69, 9.17) is 4.78 Å². The standard InChI is InChI=1S/C18H31NO2S/c1-13(10-12-22(19,21)17(2,3)4)14-8-9-15-16(20)7-6-11-18(14,15)5/h8,13,15,19H,6-7,9-12H2,1-5H3/t13-,15+,18-,22+/m1/s1. The second kappa shape index (κ2) is 5.77. The quantitative estimate of drug-likeness (QED) is 0.770. The van der Waals surface area contributed by atoms with Gasteiger partial charge in [0.2, 0.25) is 0 Å². The van der Waals surface area contributed by atoms with E-state index in [1.165, 1.54) is 5.57 Å². The minimum absolute atomic E-state index is 0.0133. The number of hydrogen-bond donors (Lipinski definition) is 1. The van der Waals surface area contributed by atoms with Crippen molar-refractivity contribution in [3.05, 3.63) is 11.6 Å². The van der Waals surface area contributed by atoms with Crippen LogP contribution in [-0.4, -0.2) is 20.5 Å². The van der Waals surface area contributed by atoms with Gasteiger partial charge in [0, 0.05) is 32.6 Å². The van der Waals surface area contributed by atoms with E-state index in [1.807, 2.05) is 20.8 Å². The van der Waals surface area contributed by atoms with Crippen molar-refractivity contribution in [1.29, 1.82) is 4.78 Å². The van der Waals surface area contributed by atoms with Gasteiger partial charge in [-0.15, -0.1) is 0 Å². The Bertz CT molecular complexity index is 583. The average molecular weight is 326 g/mol. The molecule has 0 aliphatic heterocycles. The molecule has 0 aromatic carbocycles. The summed E-state index contributed by atoms with van der Waals surface area (Å²) >= 11 is 0. The van der Waals surface area contributed by atoms with Gasteiger partial charge in [-0.05, 0) is 57.8 Å². The number of carbonyl (C=O) groups is 1. The normalized spacial score (nSPS) is 33.0. The second-order valence-corrected chi connectivity index (χ2v) is 11.4. The van der Waals surface area contributed by atoms with Crippen LogP contribution in [0.2, 0.25) is 0 Å². The Labute approximate surface area is 135 Å². The minimum Gasteiger partial charge on any atom is -0.299 e. The summed E-state index contributed by atoms with van der Waals surface area (Å²) in [6, 6.07) is 0. The van der Waals surface area contributed by atoms with Gasteiger partial charge < -0.3 is 0 Å². The van der Waals surface area contributed by atoms with Gasteiger partial charge in [0.1, 0.15) is 5.78 Å². The first-order chi connectivity index (χ1) is 9.99. The highest BCUT2D eigenvalue weighted by atomic mass is 32.2. The molecule has 0 unspecified atom stereocenters. The van der Waals surface area contributed by atoms with Crippen LogP contribution in [0.5, 0.6) is 0 Å². The molecule has 2 aliphatic carbocycles. The first-order valence-corrected chi connectivity index (χ1v) is 10.2. The molecule has 0 aromatic heterocycles. The molecule has 0 saturated heterocycles. The van der Waals surface area contributed by atoms with Crippen LogP contribution in [0.4, 0.5) is 0 Å². The topological polar surface area (TPSA) is 58.0 Å². The molecule has 2 aliphatic rings. The van der Waals surface area contributed by atoms with E-state index < -0.39 is 14.5 Å². The first kappa shape index (κ1) is 17.7. The van der Waals surface area contributed by atoms with E-state index in [0.29, 0.717) is 17.5 Å². The molecule has 0 spiro atoms. The van der Waals surface area contributed by atoms with Crippen molar-refractivity contribution >= 4 is 15.5 Å². The maximum atomic E-state index is 12.5. The van der Waals surface area contributed by atoms with Crippen LogP contribution in [0.25, 0.3) is 0 Å². The predicted molar refractivity (Wildman–Crippen MR) is 92.4 cm³/mol. The highest BCUT2D eigenvalue weighted by molar-refractivity contribution is 7.93. The van der Waals surface area contributed by atoms with E-state index in [1.54, 1.807) is 0 Å². The number of hydrogen-bond acceptors (Lipinski definition) is 3. The summed E-state index contributed by atoms with van der Waals surface area (Å²) in [4.78, 5) is 12.2. The van der Waals surface area contributed by atoms with Crippen molar-refractivity contribution in [2.24, 2.45) is 17.3 Å². The van der Waals surface area contributed by atoms with Crippen molar-refractivity contribution in [2.45, 2.75) is 71.5 Å². The number of ketones is 1. The Balaban J connectivity index is 2.08. The fourth-order valence-corrected chi connectivity index (χ4v) is 5.42. The summed E-state index contributed by atoms with van der Waals surface area (Å²) in [5.74, 6) is 1.35. The average Bonchev–Trinajstić information content (AvgIpc) is 2.73. The van der Waals surface area contributed by atoms with Crippen LogP contribution in [0, 0.1) is 22.0 Å². The zero-order valence-corrected chi connectivity index (χ0v) is 15.5. The number of allylic oxidation sites excluding steroid dienone is 2. The maximum absolute atomic E-state index is 12.5. The lowest BCUT2D eigenvalue weighted by Gasteiger charge is -2.40. The number of fused-ring (bicyclic) bond motifs is 1. The molecule has 2 rings (SSSR count). The van der Waals surface area contributed by atoms with E-state index >= 15 is 0 Å². The molecule has 22 heavy (non-hydrogen) atoms. The van der Waals surface area contributed by atoms with Crippen LogP contribution in [0.15, 0.2) is 11.6 Å². The van der Waals surface area contributed by atoms with Gasteiger partial charge in [-0.3, -0.25) is 9.57 Å². The van der Waals surface area contributed by atoms with Gasteiger partial charge >= 0.3 is 0 Å². The fraction of sp³-hybridized carbons (Fsp3) is 0.833. The molecule has 4 atom stereocenters. The molecular weight excluding hydrogens is 294 g/mol. The highest BCUT2D eigenvalue weighted by Gasteiger charge is 2.47. The summed E-state index contributed by atoms with van der Waals surface area (Å²) in [5.41, 5.74) is 1.40. The van der Waals surface area contributed by atoms with Gasteiger partial charge in [-0.2, -0.15) is 0 Å². The number of nitrogens with one attached hydrogen (secondary N) is 1. The minimum atomic E-state index is -2.58. The molecule has 4 heteroatoms. The SMILES string of the molecule is C[C@H](CC[S@](=N)(=O)C(C)(C)C)C1=CC[C@H]2C(=O)CCC[C@]12C. The lowest BCUT2D eigenvalue weighted by molar-refractivity contribution is -0.128. The van der Waals surface area contributed by atoms with Crippen molar-refractivity contribution in [3.8, 4) is 0 Å². The van der Waals surface area contributed by atoms with Crippen molar-refractivity contribution in [2.75, 3.05) is 5.75 Å². The highest BCUT2D eigenvalue weighted by Crippen LogP contribution is 2.53. The summed E-state index contributed by atoms with van der Waals surface area (Å²) in [7, 11) is -2.58. The van der Waals surface area contributed by atoms with Crippen LogP contribution < -0.4 is 0 Å². The largest absolute Gasteiger partial charge is 0.299 e. The van der Waals surface area contributed by atoms with Gasteiger partial charge in [0.15, 0.2) is 0 Å². The Morgan fingerprint density at radius 1 is 1.45 bits per heavy atom. The van der Waals surface area contributed by atoms with E-state index in [9.17, 15) is 9.00 Å². The number of Topliss-reactive ketones (excluding diaryl/α,β-unsaturated/α-hetero) is 1. The summed E-state index contributed by atoms with van der Waals surface area (Å²) in [5, 5.41) is 0. The molecule has 0 aromatic rings. The van der Waals surface area contributed by atoms with E-state index in [2.05, 4.69) is 19.9 Å². The lowest BCUT2D eigenvalue weighted by Crippen LogP contribution is -2.37. The van der Waals surface area contributed by atoms with Gasteiger partial charge in [-0.25, -0.2) is 4.21 Å². The van der Waals surface area contributed by atoms with E-state index in [0.717, 1.165) is 32.1 Å². The van der Waals surface area contributed by atoms with Gasteiger partial charge in [0.25, 0.3) is 0 Å². The Morgan fingerprint density at radius 2 is 2.09 bits per heavy atom. The van der Waals surface area contributed by atoms with Crippen molar-refractivity contribution < 1.29 is 9.00 Å². The fourth-order valence-electron chi connectivity index (χ4n) is 4.12. The van der Waals surface area contributed by atoms with Gasteiger partial charge in [-0.1, -0.05) is 25.5 Å². The zero-order valence-electron chi connectivity index (χ0n) is 14.7. The summed E-state index contributed by atoms with van der Waals surface area (Å²) in [6.07, 6.45) is 6.75. The molecule has 0 bridgehead atoms. The van der Waals surface area contributed by atoms with Crippen LogP contribution >= 0.6 is 0 Å². The predicted octanol–water partition coefficient (Wildman–Crippen LogP) is 4.56. The van der Waals surface area contributed by atoms with Crippen molar-refractivity contribution in [3.63, 3.8) is 0 Å². The molecule has 1 saturated carbocycles. The maximum Gasteiger partial charge on any atom is 0.137 e. The Morgan fingerprint density at radius 3 is 2.68 bits per heavy atom. The third-order valence-corrected chi connectivity index (χ3v) is 8.66. The van der Waals surface area contributed by atoms with Crippen LogP contribution in [-0.2, 0) is 14.5 Å². The molecule has 0 amide bonds. The van der Waals surface area contributed by atoms with Crippen molar-refractivity contribution in [1.82, 2.24) is 0 Å². The molecule has 3 nitrogen and oxygen atoms in total. The van der Waals surface area contributed by atoms with Crippen LogP contribution in [0.3, 0.4) is 0 Å². The second-order valence-electron chi connectivity index (χ2n) is 8.37. The smallest absolute Gasteiger partial charge is 0.137 e. The Kier molecular flexibility index (Phi) is 4.65. The third kappa shape index (κ3) is 3.04. The van der Waals surface area contributed by atoms with E-state index in [-0.39, 0.29) is 11.3 Å². The number of carbonyl (C=O) groups excluding carboxylic acids is 1. The molecule has 0 heterocycles. The van der Waals surface area contributed by atoms with Crippen LogP contribution in [0.1, 0.15) is 66.7 Å². The molecule has 126 valence electrons. The molecule has 0 radical (unpaired) electrons. The summed E-state index contributed by atoms with van der Waals surface area (Å²) < 4.78 is 20.2.